The van der Waals surface area contributed by atoms with Crippen LogP contribution < -0.4 is 21.3 Å². The van der Waals surface area contributed by atoms with E-state index in [1.807, 2.05) is 31.2 Å². The third-order valence-electron chi connectivity index (χ3n) is 5.55. The van der Waals surface area contributed by atoms with Crippen molar-refractivity contribution in [2.24, 2.45) is 0 Å². The zero-order valence-electron chi connectivity index (χ0n) is 19.2. The maximum Gasteiger partial charge on any atom is 0.352 e. The minimum atomic E-state index is -0.806. The van der Waals surface area contributed by atoms with E-state index in [2.05, 4.69) is 10.4 Å². The van der Waals surface area contributed by atoms with Gasteiger partial charge in [0, 0.05) is 6.54 Å². The first kappa shape index (κ1) is 23.6. The normalized spacial score (nSPS) is 10.7. The highest BCUT2D eigenvalue weighted by Crippen LogP contribution is 2.13. The molecular weight excluding hydrogens is 451 g/mol. The van der Waals surface area contributed by atoms with E-state index >= 15 is 0 Å². The van der Waals surface area contributed by atoms with Gasteiger partial charge in [-0.1, -0.05) is 36.4 Å². The number of hydrogen-bond donors (Lipinski definition) is 1. The minimum Gasteiger partial charge on any atom is -0.497 e. The molecule has 0 aliphatic rings. The molecule has 0 bridgehead atoms. The molecule has 0 spiro atoms. The first-order chi connectivity index (χ1) is 16.9. The van der Waals surface area contributed by atoms with Gasteiger partial charge in [-0.2, -0.15) is 9.78 Å². The second kappa shape index (κ2) is 10.2. The molecule has 0 fully saturated rings. The largest absolute Gasteiger partial charge is 0.497 e. The molecule has 1 aromatic heterocycles. The summed E-state index contributed by atoms with van der Waals surface area (Å²) in [5.41, 5.74) is 0.741. The lowest BCUT2D eigenvalue weighted by molar-refractivity contribution is 0.0941. The van der Waals surface area contributed by atoms with E-state index in [1.165, 1.54) is 31.4 Å². The lowest BCUT2D eigenvalue weighted by atomic mass is 10.1. The minimum absolute atomic E-state index is 0.0265. The number of halogens is 1. The van der Waals surface area contributed by atoms with Crippen molar-refractivity contribution >= 4 is 5.91 Å². The predicted molar refractivity (Wildman–Crippen MR) is 128 cm³/mol. The number of aromatic nitrogens is 3. The quantitative estimate of drug-likeness (QED) is 0.445. The van der Waals surface area contributed by atoms with Crippen LogP contribution in [0.15, 0.2) is 82.4 Å². The van der Waals surface area contributed by atoms with Gasteiger partial charge in [0.05, 0.1) is 19.3 Å². The molecule has 3 aromatic carbocycles. The summed E-state index contributed by atoms with van der Waals surface area (Å²) in [6, 6.07) is 19.5. The van der Waals surface area contributed by atoms with Gasteiger partial charge in [-0.05, 0) is 60.0 Å². The molecule has 4 aromatic rings. The fourth-order valence-electron chi connectivity index (χ4n) is 3.51. The average molecular weight is 474 g/mol. The zero-order chi connectivity index (χ0) is 24.9. The number of nitrogens with zero attached hydrogens (tertiary/aromatic N) is 3. The number of ether oxygens (including phenoxy) is 1. The van der Waals surface area contributed by atoms with Gasteiger partial charge in [0.2, 0.25) is 5.69 Å². The molecule has 1 amide bonds. The summed E-state index contributed by atoms with van der Waals surface area (Å²) in [6.07, 6.45) is 0. The van der Waals surface area contributed by atoms with Crippen molar-refractivity contribution < 1.29 is 13.9 Å². The van der Waals surface area contributed by atoms with Gasteiger partial charge >= 0.3 is 5.69 Å². The maximum atomic E-state index is 13.3. The summed E-state index contributed by atoms with van der Waals surface area (Å²) in [7, 11) is 1.52. The summed E-state index contributed by atoms with van der Waals surface area (Å²) in [5, 5.41) is 6.73. The molecule has 1 N–H and O–H groups in total. The number of hydrogen-bond acceptors (Lipinski definition) is 5. The highest BCUT2D eigenvalue weighted by Gasteiger charge is 2.21. The number of methoxy groups -OCH3 is 1. The molecule has 0 aliphatic carbocycles. The number of rotatable bonds is 7. The summed E-state index contributed by atoms with van der Waals surface area (Å²) < 4.78 is 20.3. The average Bonchev–Trinajstić information content (AvgIpc) is 2.87. The van der Waals surface area contributed by atoms with Crippen molar-refractivity contribution in [1.29, 1.82) is 0 Å². The second-order valence-electron chi connectivity index (χ2n) is 7.87. The first-order valence-electron chi connectivity index (χ1n) is 10.8. The van der Waals surface area contributed by atoms with Crippen LogP contribution in [-0.4, -0.2) is 27.4 Å². The molecule has 0 saturated heterocycles. The van der Waals surface area contributed by atoms with Gasteiger partial charge in [-0.25, -0.2) is 9.18 Å². The molecule has 0 unspecified atom stereocenters. The Bertz CT molecular complexity index is 1480. The van der Waals surface area contributed by atoms with E-state index in [0.717, 1.165) is 20.4 Å². The third-order valence-corrected chi connectivity index (χ3v) is 5.55. The Morgan fingerprint density at radius 1 is 1.00 bits per heavy atom. The van der Waals surface area contributed by atoms with Crippen LogP contribution in [0.3, 0.4) is 0 Å². The summed E-state index contributed by atoms with van der Waals surface area (Å²) >= 11 is 0. The Balaban J connectivity index is 1.77. The van der Waals surface area contributed by atoms with Crippen LogP contribution in [-0.2, 0) is 13.1 Å². The molecule has 8 nitrogen and oxygen atoms in total. The smallest absolute Gasteiger partial charge is 0.352 e. The number of benzene rings is 3. The molecular formula is C26H23FN4O4. The Labute approximate surface area is 200 Å². The van der Waals surface area contributed by atoms with E-state index < -0.39 is 28.7 Å². The zero-order valence-corrected chi connectivity index (χ0v) is 19.2. The molecule has 0 radical (unpaired) electrons. The summed E-state index contributed by atoms with van der Waals surface area (Å²) in [4.78, 5) is 39.5. The first-order valence-corrected chi connectivity index (χ1v) is 10.8. The third kappa shape index (κ3) is 5.19. The molecule has 9 heteroatoms. The highest BCUT2D eigenvalue weighted by molar-refractivity contribution is 5.91. The summed E-state index contributed by atoms with van der Waals surface area (Å²) in [6.45, 7) is 1.90. The van der Waals surface area contributed by atoms with Gasteiger partial charge in [-0.3, -0.25) is 14.2 Å². The molecule has 1 heterocycles. The van der Waals surface area contributed by atoms with Crippen molar-refractivity contribution in [2.75, 3.05) is 7.11 Å². The van der Waals surface area contributed by atoms with E-state index in [0.29, 0.717) is 17.0 Å². The number of aryl methyl sites for hydroxylation is 1. The lowest BCUT2D eigenvalue weighted by Gasteiger charge is -2.13. The van der Waals surface area contributed by atoms with Crippen LogP contribution in [0.5, 0.6) is 5.75 Å². The van der Waals surface area contributed by atoms with Gasteiger partial charge in [0.15, 0.2) is 0 Å². The Kier molecular flexibility index (Phi) is 6.86. The number of carbonyl (C=O) groups excluding carboxylic acids is 1. The lowest BCUT2D eigenvalue weighted by Crippen LogP contribution is -2.46. The van der Waals surface area contributed by atoms with Crippen molar-refractivity contribution in [3.05, 3.63) is 122 Å². The molecule has 35 heavy (non-hydrogen) atoms. The molecule has 0 saturated carbocycles. The van der Waals surface area contributed by atoms with Gasteiger partial charge < -0.3 is 10.1 Å². The van der Waals surface area contributed by atoms with Crippen LogP contribution in [0, 0.1) is 12.7 Å². The second-order valence-corrected chi connectivity index (χ2v) is 7.87. The number of nitrogens with one attached hydrogen (secondary N) is 1. The van der Waals surface area contributed by atoms with Crippen molar-refractivity contribution in [3.8, 4) is 11.4 Å². The van der Waals surface area contributed by atoms with Crippen LogP contribution in [0.4, 0.5) is 4.39 Å². The van der Waals surface area contributed by atoms with Crippen LogP contribution in [0.25, 0.3) is 5.69 Å². The van der Waals surface area contributed by atoms with Crippen LogP contribution >= 0.6 is 0 Å². The number of carbonyl (C=O) groups is 1. The van der Waals surface area contributed by atoms with Gasteiger partial charge in [0.1, 0.15) is 11.6 Å². The molecule has 4 rings (SSSR count). The summed E-state index contributed by atoms with van der Waals surface area (Å²) in [5.74, 6) is -0.570. The molecule has 178 valence electrons. The van der Waals surface area contributed by atoms with Crippen molar-refractivity contribution in [1.82, 2.24) is 19.7 Å². The fourth-order valence-corrected chi connectivity index (χ4v) is 3.51. The SMILES string of the molecule is COc1ccc(-n2nc(C(=O)NCc3ccc(F)cc3)c(=O)n(Cc3ccccc3C)c2=O)cc1. The van der Waals surface area contributed by atoms with Crippen molar-refractivity contribution in [2.45, 2.75) is 20.0 Å². The fraction of sp³-hybridized carbons (Fsp3) is 0.154. The van der Waals surface area contributed by atoms with Gasteiger partial charge in [-0.15, -0.1) is 0 Å². The van der Waals surface area contributed by atoms with Crippen LogP contribution in [0.2, 0.25) is 0 Å². The number of amides is 1. The van der Waals surface area contributed by atoms with E-state index in [4.69, 9.17) is 4.74 Å². The van der Waals surface area contributed by atoms with E-state index in [9.17, 15) is 18.8 Å². The van der Waals surface area contributed by atoms with Crippen LogP contribution in [0.1, 0.15) is 27.2 Å². The molecule has 0 atom stereocenters. The van der Waals surface area contributed by atoms with E-state index in [-0.39, 0.29) is 13.1 Å². The Morgan fingerprint density at radius 3 is 2.34 bits per heavy atom. The Morgan fingerprint density at radius 2 is 1.69 bits per heavy atom. The van der Waals surface area contributed by atoms with E-state index in [1.54, 1.807) is 24.3 Å². The Hall–Kier alpha value is -4.53. The van der Waals surface area contributed by atoms with Gasteiger partial charge in [0.25, 0.3) is 11.5 Å². The highest BCUT2D eigenvalue weighted by atomic mass is 19.1. The standard InChI is InChI=1S/C26H23FN4O4/c1-17-5-3-4-6-19(17)16-30-25(33)23(24(32)28-15-18-7-9-20(27)10-8-18)29-31(26(30)34)21-11-13-22(35-2)14-12-21/h3-14H,15-16H2,1-2H3,(H,28,32). The monoisotopic (exact) mass is 474 g/mol. The molecule has 0 aliphatic heterocycles. The predicted octanol–water partition coefficient (Wildman–Crippen LogP) is 2.83. The maximum absolute atomic E-state index is 13.3. The topological polar surface area (TPSA) is 95.2 Å². The van der Waals surface area contributed by atoms with Crippen molar-refractivity contribution in [3.63, 3.8) is 0 Å².